The fraction of sp³-hybridized carbons (Fsp3) is 0.571. The molecule has 0 aliphatic heterocycles. The lowest BCUT2D eigenvalue weighted by Crippen LogP contribution is -2.30. The second-order valence-corrected chi connectivity index (χ2v) is 4.01. The van der Waals surface area contributed by atoms with Crippen LogP contribution in [0.15, 0.2) is 24.3 Å². The van der Waals surface area contributed by atoms with Crippen LogP contribution < -0.4 is 4.74 Å². The van der Waals surface area contributed by atoms with Crippen LogP contribution in [0.25, 0.3) is 0 Å². The number of hydrogen-bond donors (Lipinski definition) is 1. The van der Waals surface area contributed by atoms with Crippen LogP contribution in [0.4, 0.5) is 0 Å². The van der Waals surface area contributed by atoms with Crippen molar-refractivity contribution in [2.24, 2.45) is 0 Å². The lowest BCUT2D eigenvalue weighted by Gasteiger charge is -2.19. The van der Waals surface area contributed by atoms with E-state index in [1.165, 1.54) is 5.56 Å². The van der Waals surface area contributed by atoms with E-state index in [0.717, 1.165) is 31.8 Å². The lowest BCUT2D eigenvalue weighted by molar-refractivity contribution is 0.174. The number of aryl methyl sites for hydroxylation is 1. The minimum Gasteiger partial charge on any atom is -0.492 e. The van der Waals surface area contributed by atoms with Crippen molar-refractivity contribution < 1.29 is 9.84 Å². The molecule has 1 rings (SSSR count). The summed E-state index contributed by atoms with van der Waals surface area (Å²) in [4.78, 5) is 2.17. The molecule has 0 unspecified atom stereocenters. The van der Waals surface area contributed by atoms with Gasteiger partial charge in [0.05, 0.1) is 6.61 Å². The van der Waals surface area contributed by atoms with Crippen molar-refractivity contribution in [3.05, 3.63) is 29.8 Å². The van der Waals surface area contributed by atoms with Crippen LogP contribution in [-0.4, -0.2) is 42.9 Å². The molecule has 0 aliphatic carbocycles. The fourth-order valence-corrected chi connectivity index (χ4v) is 1.72. The molecule has 0 atom stereocenters. The monoisotopic (exact) mass is 237 g/mol. The van der Waals surface area contributed by atoms with E-state index in [2.05, 4.69) is 30.9 Å². The number of aliphatic hydroxyl groups is 1. The first-order chi connectivity index (χ1) is 8.30. The molecule has 0 aromatic heterocycles. The minimum atomic E-state index is 0.207. The Hall–Kier alpha value is -1.06. The van der Waals surface area contributed by atoms with Crippen molar-refractivity contribution in [3.8, 4) is 5.75 Å². The molecule has 1 aromatic rings. The summed E-state index contributed by atoms with van der Waals surface area (Å²) in [6.07, 6.45) is 1.03. The third-order valence-corrected chi connectivity index (χ3v) is 2.85. The number of benzene rings is 1. The van der Waals surface area contributed by atoms with Crippen LogP contribution in [0.3, 0.4) is 0 Å². The van der Waals surface area contributed by atoms with Gasteiger partial charge in [-0.05, 0) is 30.7 Å². The summed E-state index contributed by atoms with van der Waals surface area (Å²) >= 11 is 0. The molecule has 3 heteroatoms. The molecule has 0 fully saturated rings. The van der Waals surface area contributed by atoms with Gasteiger partial charge >= 0.3 is 0 Å². The van der Waals surface area contributed by atoms with Gasteiger partial charge in [0.1, 0.15) is 12.4 Å². The second-order valence-electron chi connectivity index (χ2n) is 4.01. The average Bonchev–Trinajstić information content (AvgIpc) is 2.38. The van der Waals surface area contributed by atoms with E-state index in [-0.39, 0.29) is 6.61 Å². The first-order valence-corrected chi connectivity index (χ1v) is 6.35. The first-order valence-electron chi connectivity index (χ1n) is 6.35. The maximum absolute atomic E-state index is 8.87. The maximum atomic E-state index is 8.87. The highest BCUT2D eigenvalue weighted by Crippen LogP contribution is 2.13. The topological polar surface area (TPSA) is 32.7 Å². The second kappa shape index (κ2) is 8.09. The summed E-state index contributed by atoms with van der Waals surface area (Å²) in [5.74, 6) is 0.935. The SMILES string of the molecule is CCc1cccc(OCCN(CC)CCO)c1. The molecule has 1 N–H and O–H groups in total. The first kappa shape index (κ1) is 14.0. The van der Waals surface area contributed by atoms with Crippen molar-refractivity contribution >= 4 is 0 Å². The van der Waals surface area contributed by atoms with Gasteiger partial charge in [0.2, 0.25) is 0 Å². The molecule has 0 saturated heterocycles. The summed E-state index contributed by atoms with van der Waals surface area (Å²) in [5.41, 5.74) is 1.30. The molecule has 0 aliphatic rings. The molecular weight excluding hydrogens is 214 g/mol. The molecule has 3 nitrogen and oxygen atoms in total. The Morgan fingerprint density at radius 1 is 1.24 bits per heavy atom. The predicted molar refractivity (Wildman–Crippen MR) is 70.5 cm³/mol. The van der Waals surface area contributed by atoms with Crippen molar-refractivity contribution in [3.63, 3.8) is 0 Å². The number of aliphatic hydroxyl groups excluding tert-OH is 1. The summed E-state index contributed by atoms with van der Waals surface area (Å²) in [7, 11) is 0. The molecular formula is C14H23NO2. The van der Waals surface area contributed by atoms with Gasteiger partial charge in [0.25, 0.3) is 0 Å². The number of ether oxygens (including phenoxy) is 1. The van der Waals surface area contributed by atoms with Gasteiger partial charge in [-0.2, -0.15) is 0 Å². The van der Waals surface area contributed by atoms with E-state index in [0.29, 0.717) is 6.61 Å². The zero-order valence-corrected chi connectivity index (χ0v) is 10.9. The van der Waals surface area contributed by atoms with Gasteiger partial charge in [0, 0.05) is 13.1 Å². The molecule has 0 amide bonds. The summed E-state index contributed by atoms with van der Waals surface area (Å²) in [6, 6.07) is 8.21. The number of nitrogens with zero attached hydrogens (tertiary/aromatic N) is 1. The van der Waals surface area contributed by atoms with E-state index >= 15 is 0 Å². The minimum absolute atomic E-state index is 0.207. The van der Waals surface area contributed by atoms with Crippen LogP contribution in [0, 0.1) is 0 Å². The van der Waals surface area contributed by atoms with Crippen LogP contribution in [0.5, 0.6) is 5.75 Å². The predicted octanol–water partition coefficient (Wildman–Crippen LogP) is 1.94. The zero-order chi connectivity index (χ0) is 12.5. The van der Waals surface area contributed by atoms with Crippen LogP contribution in [0.2, 0.25) is 0 Å². The fourth-order valence-electron chi connectivity index (χ4n) is 1.72. The normalized spacial score (nSPS) is 10.8. The molecule has 17 heavy (non-hydrogen) atoms. The van der Waals surface area contributed by atoms with Gasteiger partial charge in [-0.25, -0.2) is 0 Å². The molecule has 0 heterocycles. The summed E-state index contributed by atoms with van der Waals surface area (Å²) in [6.45, 7) is 7.62. The molecule has 0 bridgehead atoms. The van der Waals surface area contributed by atoms with Crippen LogP contribution >= 0.6 is 0 Å². The lowest BCUT2D eigenvalue weighted by atomic mass is 10.2. The van der Waals surface area contributed by atoms with Gasteiger partial charge in [-0.1, -0.05) is 26.0 Å². The van der Waals surface area contributed by atoms with Crippen LogP contribution in [0.1, 0.15) is 19.4 Å². The van der Waals surface area contributed by atoms with E-state index in [9.17, 15) is 0 Å². The smallest absolute Gasteiger partial charge is 0.119 e. The van der Waals surface area contributed by atoms with Crippen molar-refractivity contribution in [2.75, 3.05) is 32.8 Å². The van der Waals surface area contributed by atoms with Crippen molar-refractivity contribution in [1.29, 1.82) is 0 Å². The molecule has 0 saturated carbocycles. The van der Waals surface area contributed by atoms with Crippen molar-refractivity contribution in [2.45, 2.75) is 20.3 Å². The van der Waals surface area contributed by atoms with E-state index < -0.39 is 0 Å². The molecule has 0 spiro atoms. The van der Waals surface area contributed by atoms with Crippen molar-refractivity contribution in [1.82, 2.24) is 4.90 Å². The number of hydrogen-bond acceptors (Lipinski definition) is 3. The Labute approximate surface area is 104 Å². The Balaban J connectivity index is 2.34. The Morgan fingerprint density at radius 3 is 2.71 bits per heavy atom. The molecule has 96 valence electrons. The van der Waals surface area contributed by atoms with E-state index in [4.69, 9.17) is 9.84 Å². The number of likely N-dealkylation sites (N-methyl/N-ethyl adjacent to an activating group) is 1. The Morgan fingerprint density at radius 2 is 2.06 bits per heavy atom. The van der Waals surface area contributed by atoms with E-state index in [1.54, 1.807) is 0 Å². The quantitative estimate of drug-likeness (QED) is 0.750. The highest BCUT2D eigenvalue weighted by atomic mass is 16.5. The largest absolute Gasteiger partial charge is 0.492 e. The standard InChI is InChI=1S/C14H23NO2/c1-3-13-6-5-7-14(12-13)17-11-9-15(4-2)8-10-16/h5-7,12,16H,3-4,8-11H2,1-2H3. The van der Waals surface area contributed by atoms with Gasteiger partial charge < -0.3 is 9.84 Å². The Bertz CT molecular complexity index is 315. The van der Waals surface area contributed by atoms with Gasteiger partial charge in [0.15, 0.2) is 0 Å². The summed E-state index contributed by atoms with van der Waals surface area (Å²) in [5, 5.41) is 8.87. The third kappa shape index (κ3) is 5.20. The molecule has 0 radical (unpaired) electrons. The summed E-state index contributed by atoms with van der Waals surface area (Å²) < 4.78 is 5.70. The maximum Gasteiger partial charge on any atom is 0.119 e. The number of rotatable bonds is 8. The van der Waals surface area contributed by atoms with E-state index in [1.807, 2.05) is 12.1 Å². The Kier molecular flexibility index (Phi) is 6.67. The van der Waals surface area contributed by atoms with Gasteiger partial charge in [-0.15, -0.1) is 0 Å². The molecule has 1 aromatic carbocycles. The zero-order valence-electron chi connectivity index (χ0n) is 10.9. The highest BCUT2D eigenvalue weighted by Gasteiger charge is 2.01. The van der Waals surface area contributed by atoms with Crippen LogP contribution in [-0.2, 0) is 6.42 Å². The van der Waals surface area contributed by atoms with Gasteiger partial charge in [-0.3, -0.25) is 4.90 Å². The third-order valence-electron chi connectivity index (χ3n) is 2.85. The highest BCUT2D eigenvalue weighted by molar-refractivity contribution is 5.28. The average molecular weight is 237 g/mol.